The quantitative estimate of drug-likeness (QED) is 0.752. The van der Waals surface area contributed by atoms with E-state index in [9.17, 15) is 13.2 Å². The summed E-state index contributed by atoms with van der Waals surface area (Å²) in [4.78, 5) is 18.9. The minimum atomic E-state index is -3.77. The zero-order valence-electron chi connectivity index (χ0n) is 16.7. The Labute approximate surface area is 176 Å². The Kier molecular flexibility index (Phi) is 4.99. The first-order valence-corrected chi connectivity index (χ1v) is 11.9. The van der Waals surface area contributed by atoms with Gasteiger partial charge in [-0.3, -0.25) is 9.78 Å². The van der Waals surface area contributed by atoms with Gasteiger partial charge in [-0.2, -0.15) is 4.31 Å². The molecule has 1 aromatic carbocycles. The summed E-state index contributed by atoms with van der Waals surface area (Å²) >= 11 is 0. The second kappa shape index (κ2) is 7.67. The number of hydrogen-bond donors (Lipinski definition) is 0. The molecule has 2 aliphatic heterocycles. The third-order valence-corrected chi connectivity index (χ3v) is 8.10. The normalized spacial score (nSPS) is 25.9. The molecular weight excluding hydrogens is 402 g/mol. The maximum Gasteiger partial charge on any atom is 0.247 e. The van der Waals surface area contributed by atoms with Crippen molar-refractivity contribution >= 4 is 15.9 Å². The summed E-state index contributed by atoms with van der Waals surface area (Å²) in [6.07, 6.45) is 6.15. The van der Waals surface area contributed by atoms with Crippen molar-refractivity contribution in [1.82, 2.24) is 14.2 Å². The highest BCUT2D eigenvalue weighted by Gasteiger charge is 2.44. The van der Waals surface area contributed by atoms with E-state index in [0.29, 0.717) is 31.7 Å². The predicted octanol–water partition coefficient (Wildman–Crippen LogP) is 2.43. The first-order chi connectivity index (χ1) is 14.5. The molecule has 2 atom stereocenters. The maximum absolute atomic E-state index is 13.7. The van der Waals surface area contributed by atoms with Gasteiger partial charge in [-0.1, -0.05) is 18.2 Å². The van der Waals surface area contributed by atoms with E-state index < -0.39 is 10.0 Å². The molecule has 8 heteroatoms. The fourth-order valence-electron chi connectivity index (χ4n) is 4.44. The number of rotatable bonds is 3. The number of aromatic nitrogens is 1. The van der Waals surface area contributed by atoms with Crippen LogP contribution in [0.15, 0.2) is 53.7 Å². The van der Waals surface area contributed by atoms with Crippen LogP contribution in [-0.4, -0.2) is 53.7 Å². The summed E-state index contributed by atoms with van der Waals surface area (Å²) < 4.78 is 35.2. The third-order valence-electron chi connectivity index (χ3n) is 6.19. The number of hydrogen-bond acceptors (Lipinski definition) is 5. The van der Waals surface area contributed by atoms with Crippen LogP contribution in [0.1, 0.15) is 31.2 Å². The zero-order valence-corrected chi connectivity index (χ0v) is 17.5. The summed E-state index contributed by atoms with van der Waals surface area (Å²) in [5, 5.41) is 0. The highest BCUT2D eigenvalue weighted by Crippen LogP contribution is 2.38. The molecular formula is C22H25N3O4S. The number of benzene rings is 1. The van der Waals surface area contributed by atoms with Gasteiger partial charge in [0.05, 0.1) is 6.04 Å². The third kappa shape index (κ3) is 3.58. The zero-order chi connectivity index (χ0) is 20.7. The number of nitrogens with zero attached hydrogens (tertiary/aromatic N) is 3. The minimum absolute atomic E-state index is 0.157. The lowest BCUT2D eigenvalue weighted by Gasteiger charge is -2.31. The van der Waals surface area contributed by atoms with Crippen LogP contribution in [0, 0.1) is 5.92 Å². The van der Waals surface area contributed by atoms with Crippen molar-refractivity contribution in [3.05, 3.63) is 54.4 Å². The van der Waals surface area contributed by atoms with Gasteiger partial charge in [0.2, 0.25) is 15.9 Å². The van der Waals surface area contributed by atoms with Crippen LogP contribution in [0.5, 0.6) is 5.75 Å². The van der Waals surface area contributed by atoms with Crippen LogP contribution in [0.3, 0.4) is 0 Å². The summed E-state index contributed by atoms with van der Waals surface area (Å²) in [6, 6.07) is 10.2. The molecule has 3 aliphatic rings. The molecule has 5 rings (SSSR count). The summed E-state index contributed by atoms with van der Waals surface area (Å²) in [7, 11) is -3.77. The van der Waals surface area contributed by atoms with E-state index in [1.807, 2.05) is 17.0 Å². The number of para-hydroxylation sites is 1. The van der Waals surface area contributed by atoms with Crippen molar-refractivity contribution < 1.29 is 17.9 Å². The summed E-state index contributed by atoms with van der Waals surface area (Å²) in [5.41, 5.74) is 0.828. The van der Waals surface area contributed by atoms with Crippen molar-refractivity contribution in [2.75, 3.05) is 13.1 Å². The lowest BCUT2D eigenvalue weighted by Crippen LogP contribution is -2.46. The van der Waals surface area contributed by atoms with Gasteiger partial charge in [0.25, 0.3) is 0 Å². The van der Waals surface area contributed by atoms with Gasteiger partial charge >= 0.3 is 0 Å². The van der Waals surface area contributed by atoms with Crippen LogP contribution in [0.25, 0.3) is 0 Å². The standard InChI is InChI=1S/C22H25N3O4S/c26-22(17-7-8-17)24-12-9-18-19(10-13-24)29-20-5-1-2-6-21(20)30(27,28)25(18)15-16-4-3-11-23-14-16/h1-6,11,14,17-19H,7-10,12-13,15H2/t18-,19-/m0/s1. The van der Waals surface area contributed by atoms with Crippen LogP contribution >= 0.6 is 0 Å². The first kappa shape index (κ1) is 19.5. The van der Waals surface area contributed by atoms with E-state index in [1.54, 1.807) is 41.0 Å². The SMILES string of the molecule is O=C(C1CC1)N1CC[C@@H]2Oc3ccccc3S(=O)(=O)N(Cc3cccnc3)[C@H]2CC1. The van der Waals surface area contributed by atoms with E-state index in [4.69, 9.17) is 4.74 Å². The van der Waals surface area contributed by atoms with Gasteiger partial charge in [-0.15, -0.1) is 0 Å². The lowest BCUT2D eigenvalue weighted by atomic mass is 10.1. The summed E-state index contributed by atoms with van der Waals surface area (Å²) in [5.74, 6) is 0.751. The Morgan fingerprint density at radius 3 is 2.63 bits per heavy atom. The van der Waals surface area contributed by atoms with Crippen molar-refractivity contribution in [3.63, 3.8) is 0 Å². The lowest BCUT2D eigenvalue weighted by molar-refractivity contribution is -0.132. The van der Waals surface area contributed by atoms with Crippen LogP contribution in [0.2, 0.25) is 0 Å². The van der Waals surface area contributed by atoms with Crippen LogP contribution in [-0.2, 0) is 21.4 Å². The molecule has 1 aromatic heterocycles. The average molecular weight is 428 g/mol. The van der Waals surface area contributed by atoms with Crippen molar-refractivity contribution in [2.45, 2.75) is 49.3 Å². The first-order valence-electron chi connectivity index (χ1n) is 10.5. The van der Waals surface area contributed by atoms with E-state index in [2.05, 4.69) is 4.98 Å². The van der Waals surface area contributed by atoms with Crippen LogP contribution < -0.4 is 4.74 Å². The molecule has 1 saturated heterocycles. The van der Waals surface area contributed by atoms with E-state index in [0.717, 1.165) is 18.4 Å². The van der Waals surface area contributed by atoms with E-state index in [-0.39, 0.29) is 35.4 Å². The highest BCUT2D eigenvalue weighted by atomic mass is 32.2. The molecule has 158 valence electrons. The smallest absolute Gasteiger partial charge is 0.247 e. The predicted molar refractivity (Wildman–Crippen MR) is 110 cm³/mol. The number of amides is 1. The van der Waals surface area contributed by atoms with E-state index in [1.165, 1.54) is 0 Å². The molecule has 0 unspecified atom stereocenters. The highest BCUT2D eigenvalue weighted by molar-refractivity contribution is 7.89. The molecule has 30 heavy (non-hydrogen) atoms. The van der Waals surface area contributed by atoms with Gasteiger partial charge in [0, 0.05) is 44.4 Å². The Morgan fingerprint density at radius 2 is 1.87 bits per heavy atom. The maximum atomic E-state index is 13.7. The average Bonchev–Trinajstić information content (AvgIpc) is 3.61. The number of fused-ring (bicyclic) bond motifs is 2. The Bertz CT molecular complexity index is 1040. The monoisotopic (exact) mass is 427 g/mol. The topological polar surface area (TPSA) is 79.8 Å². The van der Waals surface area contributed by atoms with Crippen molar-refractivity contribution in [1.29, 1.82) is 0 Å². The molecule has 0 bridgehead atoms. The molecule has 1 aliphatic carbocycles. The number of likely N-dealkylation sites (tertiary alicyclic amines) is 1. The van der Waals surface area contributed by atoms with Gasteiger partial charge < -0.3 is 9.64 Å². The number of sulfonamides is 1. The fourth-order valence-corrected chi connectivity index (χ4v) is 6.23. The number of ether oxygens (including phenoxy) is 1. The van der Waals surface area contributed by atoms with Crippen molar-refractivity contribution in [3.8, 4) is 5.75 Å². The molecule has 1 saturated carbocycles. The Balaban J connectivity index is 1.52. The number of pyridine rings is 1. The molecule has 3 heterocycles. The van der Waals surface area contributed by atoms with Gasteiger partial charge in [-0.25, -0.2) is 8.42 Å². The van der Waals surface area contributed by atoms with Crippen molar-refractivity contribution in [2.24, 2.45) is 5.92 Å². The van der Waals surface area contributed by atoms with E-state index >= 15 is 0 Å². The van der Waals surface area contributed by atoms with Gasteiger partial charge in [0.1, 0.15) is 16.7 Å². The largest absolute Gasteiger partial charge is 0.487 e. The molecule has 2 aromatic rings. The summed E-state index contributed by atoms with van der Waals surface area (Å²) in [6.45, 7) is 1.38. The number of carbonyl (C=O) groups excluding carboxylic acids is 1. The molecule has 2 fully saturated rings. The molecule has 0 spiro atoms. The second-order valence-corrected chi connectivity index (χ2v) is 10.1. The van der Waals surface area contributed by atoms with Crippen LogP contribution in [0.4, 0.5) is 0 Å². The second-order valence-electron chi connectivity index (χ2n) is 8.26. The Hall–Kier alpha value is -2.45. The fraction of sp³-hybridized carbons (Fsp3) is 0.455. The molecule has 0 radical (unpaired) electrons. The molecule has 1 amide bonds. The molecule has 7 nitrogen and oxygen atoms in total. The Morgan fingerprint density at radius 1 is 1.07 bits per heavy atom. The minimum Gasteiger partial charge on any atom is -0.487 e. The van der Waals surface area contributed by atoms with Gasteiger partial charge in [0.15, 0.2) is 0 Å². The molecule has 0 N–H and O–H groups in total. The van der Waals surface area contributed by atoms with Gasteiger partial charge in [-0.05, 0) is 43.0 Å². The number of carbonyl (C=O) groups is 1.